The molecule has 0 amide bonds. The SMILES string of the molecule is CC(C)(C)OC=O.O=[N+]([O-])c1cccc(OCCCCN2CCNCC2)c1. The number of benzene rings is 1. The summed E-state index contributed by atoms with van der Waals surface area (Å²) >= 11 is 0. The number of nitrogens with zero attached hydrogens (tertiary/aromatic N) is 2. The van der Waals surface area contributed by atoms with Crippen molar-refractivity contribution in [2.75, 3.05) is 39.3 Å². The van der Waals surface area contributed by atoms with Crippen LogP contribution in [-0.2, 0) is 9.53 Å². The van der Waals surface area contributed by atoms with Crippen molar-refractivity contribution in [1.82, 2.24) is 10.2 Å². The van der Waals surface area contributed by atoms with Crippen molar-refractivity contribution < 1.29 is 19.2 Å². The summed E-state index contributed by atoms with van der Waals surface area (Å²) in [5.41, 5.74) is -0.245. The minimum absolute atomic E-state index is 0.0725. The Kier molecular flexibility index (Phi) is 10.4. The van der Waals surface area contributed by atoms with Gasteiger partial charge in [-0.3, -0.25) is 14.9 Å². The summed E-state index contributed by atoms with van der Waals surface area (Å²) in [5, 5.41) is 14.0. The number of non-ortho nitro benzene ring substituents is 1. The van der Waals surface area contributed by atoms with Gasteiger partial charge in [0.05, 0.1) is 17.6 Å². The molecule has 1 aromatic rings. The van der Waals surface area contributed by atoms with Gasteiger partial charge < -0.3 is 19.7 Å². The first-order valence-electron chi connectivity index (χ1n) is 9.23. The van der Waals surface area contributed by atoms with Gasteiger partial charge in [-0.05, 0) is 46.2 Å². The minimum atomic E-state index is -0.406. The van der Waals surface area contributed by atoms with Crippen LogP contribution in [0.3, 0.4) is 0 Å². The van der Waals surface area contributed by atoms with Crippen LogP contribution in [0.5, 0.6) is 5.75 Å². The van der Waals surface area contributed by atoms with Crippen LogP contribution < -0.4 is 10.1 Å². The molecule has 1 aromatic carbocycles. The Morgan fingerprint density at radius 3 is 2.52 bits per heavy atom. The summed E-state index contributed by atoms with van der Waals surface area (Å²) < 4.78 is 10.1. The lowest BCUT2D eigenvalue weighted by Crippen LogP contribution is -2.43. The Bertz CT molecular complexity index is 569. The van der Waals surface area contributed by atoms with Crippen LogP contribution in [0.4, 0.5) is 5.69 Å². The number of carbonyl (C=O) groups excluding carboxylic acids is 1. The van der Waals surface area contributed by atoms with E-state index in [1.165, 1.54) is 12.1 Å². The largest absolute Gasteiger partial charge is 0.493 e. The topological polar surface area (TPSA) is 93.9 Å². The van der Waals surface area contributed by atoms with Crippen molar-refractivity contribution in [3.63, 3.8) is 0 Å². The van der Waals surface area contributed by atoms with E-state index in [1.807, 2.05) is 20.8 Å². The normalized spacial score (nSPS) is 14.6. The van der Waals surface area contributed by atoms with E-state index < -0.39 is 4.92 Å². The van der Waals surface area contributed by atoms with E-state index in [4.69, 9.17) is 4.74 Å². The molecule has 27 heavy (non-hydrogen) atoms. The summed E-state index contributed by atoms with van der Waals surface area (Å²) in [7, 11) is 0. The van der Waals surface area contributed by atoms with E-state index >= 15 is 0 Å². The number of nitro groups is 1. The van der Waals surface area contributed by atoms with E-state index in [0.29, 0.717) is 18.8 Å². The van der Waals surface area contributed by atoms with Gasteiger partial charge in [0.1, 0.15) is 11.4 Å². The highest BCUT2D eigenvalue weighted by Crippen LogP contribution is 2.19. The third kappa shape index (κ3) is 11.2. The lowest BCUT2D eigenvalue weighted by atomic mass is 10.2. The third-order valence-corrected chi connectivity index (χ3v) is 3.78. The van der Waals surface area contributed by atoms with E-state index in [2.05, 4.69) is 15.0 Å². The molecule has 0 bridgehead atoms. The summed E-state index contributed by atoms with van der Waals surface area (Å²) in [6.45, 7) is 12.0. The van der Waals surface area contributed by atoms with Crippen LogP contribution in [0.2, 0.25) is 0 Å². The first kappa shape index (κ1) is 22.9. The number of nitro benzene ring substituents is 1. The number of unbranched alkanes of at least 4 members (excludes halogenated alkanes) is 1. The quantitative estimate of drug-likeness (QED) is 0.320. The fourth-order valence-corrected chi connectivity index (χ4v) is 2.39. The van der Waals surface area contributed by atoms with Crippen LogP contribution >= 0.6 is 0 Å². The number of ether oxygens (including phenoxy) is 2. The van der Waals surface area contributed by atoms with Crippen molar-refractivity contribution in [2.24, 2.45) is 0 Å². The molecule has 2 rings (SSSR count). The average molecular weight is 381 g/mol. The highest BCUT2D eigenvalue weighted by molar-refractivity contribution is 5.38. The van der Waals surface area contributed by atoms with Crippen molar-refractivity contribution >= 4 is 12.2 Å². The van der Waals surface area contributed by atoms with Gasteiger partial charge in [-0.1, -0.05) is 6.07 Å². The molecule has 1 fully saturated rings. The standard InChI is InChI=1S/C14H21N3O3.C5H10O2/c18-17(19)13-4-3-5-14(12-13)20-11-2-1-8-16-9-6-15-7-10-16;1-5(2,3)7-4-6/h3-5,12,15H,1-2,6-11H2;4H,1-3H3. The molecule has 0 radical (unpaired) electrons. The summed E-state index contributed by atoms with van der Waals surface area (Å²) in [6, 6.07) is 6.34. The Hall–Kier alpha value is -2.19. The third-order valence-electron chi connectivity index (χ3n) is 3.78. The molecule has 0 unspecified atom stereocenters. The Balaban J connectivity index is 0.000000445. The van der Waals surface area contributed by atoms with E-state index in [9.17, 15) is 14.9 Å². The number of piperazine rings is 1. The maximum Gasteiger partial charge on any atom is 0.293 e. The number of hydrogen-bond acceptors (Lipinski definition) is 7. The van der Waals surface area contributed by atoms with Crippen LogP contribution in [0.15, 0.2) is 24.3 Å². The zero-order valence-electron chi connectivity index (χ0n) is 16.5. The zero-order valence-corrected chi connectivity index (χ0v) is 16.5. The molecular weight excluding hydrogens is 350 g/mol. The van der Waals surface area contributed by atoms with Crippen molar-refractivity contribution in [1.29, 1.82) is 0 Å². The van der Waals surface area contributed by atoms with Crippen LogP contribution in [0, 0.1) is 10.1 Å². The second kappa shape index (κ2) is 12.2. The van der Waals surface area contributed by atoms with E-state index in [1.54, 1.807) is 12.1 Å². The van der Waals surface area contributed by atoms with Crippen LogP contribution in [-0.4, -0.2) is 61.2 Å². The average Bonchev–Trinajstić information content (AvgIpc) is 2.62. The van der Waals surface area contributed by atoms with Gasteiger partial charge in [0.2, 0.25) is 0 Å². The summed E-state index contributed by atoms with van der Waals surface area (Å²) in [6.07, 6.45) is 2.06. The molecule has 1 heterocycles. The summed E-state index contributed by atoms with van der Waals surface area (Å²) in [4.78, 5) is 22.3. The van der Waals surface area contributed by atoms with Gasteiger partial charge in [0.25, 0.3) is 12.2 Å². The monoisotopic (exact) mass is 381 g/mol. The fraction of sp³-hybridized carbons (Fsp3) is 0.632. The first-order valence-corrected chi connectivity index (χ1v) is 9.23. The second-order valence-electron chi connectivity index (χ2n) is 7.23. The van der Waals surface area contributed by atoms with Gasteiger partial charge in [0, 0.05) is 32.2 Å². The van der Waals surface area contributed by atoms with Gasteiger partial charge >= 0.3 is 0 Å². The molecule has 1 N–H and O–H groups in total. The van der Waals surface area contributed by atoms with Crippen molar-refractivity contribution in [3.05, 3.63) is 34.4 Å². The maximum atomic E-state index is 10.6. The zero-order chi connectivity index (χ0) is 20.1. The molecule has 8 nitrogen and oxygen atoms in total. The molecule has 1 aliphatic rings. The molecule has 0 atom stereocenters. The molecule has 8 heteroatoms. The van der Waals surface area contributed by atoms with Gasteiger partial charge in [-0.25, -0.2) is 0 Å². The highest BCUT2D eigenvalue weighted by Gasteiger charge is 2.09. The number of carbonyl (C=O) groups is 1. The maximum absolute atomic E-state index is 10.6. The van der Waals surface area contributed by atoms with E-state index in [0.717, 1.165) is 45.6 Å². The Morgan fingerprint density at radius 1 is 1.26 bits per heavy atom. The molecule has 0 saturated carbocycles. The van der Waals surface area contributed by atoms with Gasteiger partial charge in [-0.2, -0.15) is 0 Å². The summed E-state index contributed by atoms with van der Waals surface area (Å²) in [5.74, 6) is 0.571. The van der Waals surface area contributed by atoms with E-state index in [-0.39, 0.29) is 11.3 Å². The lowest BCUT2D eigenvalue weighted by molar-refractivity contribution is -0.384. The predicted octanol–water partition coefficient (Wildman–Crippen LogP) is 2.62. The lowest BCUT2D eigenvalue weighted by Gasteiger charge is -2.26. The number of hydrogen-bond donors (Lipinski definition) is 1. The fourth-order valence-electron chi connectivity index (χ4n) is 2.39. The molecule has 0 spiro atoms. The van der Waals surface area contributed by atoms with Crippen LogP contribution in [0.25, 0.3) is 0 Å². The Labute approximate surface area is 161 Å². The van der Waals surface area contributed by atoms with Crippen LogP contribution in [0.1, 0.15) is 33.6 Å². The molecule has 0 aliphatic carbocycles. The number of rotatable bonds is 8. The molecule has 1 saturated heterocycles. The number of nitrogens with one attached hydrogen (secondary N) is 1. The molecule has 0 aromatic heterocycles. The second-order valence-corrected chi connectivity index (χ2v) is 7.23. The Morgan fingerprint density at radius 2 is 1.96 bits per heavy atom. The smallest absolute Gasteiger partial charge is 0.293 e. The predicted molar refractivity (Wildman–Crippen MR) is 104 cm³/mol. The molecular formula is C19H31N3O5. The van der Waals surface area contributed by atoms with Crippen molar-refractivity contribution in [2.45, 2.75) is 39.2 Å². The molecule has 152 valence electrons. The molecule has 1 aliphatic heterocycles. The van der Waals surface area contributed by atoms with Crippen molar-refractivity contribution in [3.8, 4) is 5.75 Å². The van der Waals surface area contributed by atoms with Gasteiger partial charge in [0.15, 0.2) is 0 Å². The first-order chi connectivity index (χ1) is 12.8. The minimum Gasteiger partial charge on any atom is -0.493 e. The highest BCUT2D eigenvalue weighted by atomic mass is 16.6. The van der Waals surface area contributed by atoms with Gasteiger partial charge in [-0.15, -0.1) is 0 Å².